The molecule has 0 amide bonds. The number of hydrogen-bond acceptors (Lipinski definition) is 4. The Kier molecular flexibility index (Phi) is 5.73. The van der Waals surface area contributed by atoms with Gasteiger partial charge in [-0.25, -0.2) is 4.98 Å². The first-order valence-electron chi connectivity index (χ1n) is 11.3. The van der Waals surface area contributed by atoms with E-state index in [0.29, 0.717) is 0 Å². The first kappa shape index (κ1) is 20.5. The van der Waals surface area contributed by atoms with Crippen molar-refractivity contribution < 1.29 is 0 Å². The lowest BCUT2D eigenvalue weighted by molar-refractivity contribution is 0.283. The largest absolute Gasteiger partial charge is 0.354 e. The van der Waals surface area contributed by atoms with Crippen molar-refractivity contribution in [3.8, 4) is 11.3 Å². The van der Waals surface area contributed by atoms with Gasteiger partial charge in [0.15, 0.2) is 5.65 Å². The predicted molar refractivity (Wildman–Crippen MR) is 132 cm³/mol. The quantitative estimate of drug-likeness (QED) is 0.460. The number of benzene rings is 2. The Hall–Kier alpha value is -3.44. The van der Waals surface area contributed by atoms with Gasteiger partial charge in [-0.15, -0.1) is 0 Å². The van der Waals surface area contributed by atoms with Crippen LogP contribution in [0.25, 0.3) is 23.0 Å². The molecule has 0 saturated carbocycles. The smallest absolute Gasteiger partial charge is 0.161 e. The average molecular weight is 424 g/mol. The molecule has 3 heterocycles. The lowest BCUT2D eigenvalue weighted by atomic mass is 10.1. The van der Waals surface area contributed by atoms with Crippen molar-refractivity contribution in [2.75, 3.05) is 37.6 Å². The van der Waals surface area contributed by atoms with Gasteiger partial charge in [0.2, 0.25) is 0 Å². The predicted octanol–water partition coefficient (Wildman–Crippen LogP) is 4.85. The number of piperazine rings is 1. The Labute approximate surface area is 189 Å². The van der Waals surface area contributed by atoms with Crippen LogP contribution in [0.15, 0.2) is 72.8 Å². The molecule has 32 heavy (non-hydrogen) atoms. The van der Waals surface area contributed by atoms with Gasteiger partial charge in [0.05, 0.1) is 5.69 Å². The second-order valence-corrected chi connectivity index (χ2v) is 8.43. The van der Waals surface area contributed by atoms with E-state index < -0.39 is 0 Å². The van der Waals surface area contributed by atoms with Gasteiger partial charge in [-0.3, -0.25) is 4.90 Å². The molecule has 0 N–H and O–H groups in total. The van der Waals surface area contributed by atoms with E-state index in [9.17, 15) is 0 Å². The standard InChI is InChI=1S/C27H29N5/c1-21-20-25(32-27(28-21)22(2)26(29-32)24-13-7-4-8-14-24)31-18-16-30(17-19-31)15-9-12-23-10-5-3-6-11-23/h3-14,20H,15-19H2,1-2H3. The Morgan fingerprint density at radius 2 is 1.56 bits per heavy atom. The highest BCUT2D eigenvalue weighted by Gasteiger charge is 2.21. The lowest BCUT2D eigenvalue weighted by Crippen LogP contribution is -2.47. The molecule has 0 unspecified atom stereocenters. The molecule has 0 spiro atoms. The van der Waals surface area contributed by atoms with Crippen LogP contribution in [0, 0.1) is 13.8 Å². The molecule has 1 saturated heterocycles. The monoisotopic (exact) mass is 423 g/mol. The number of anilines is 1. The summed E-state index contributed by atoms with van der Waals surface area (Å²) in [5, 5.41) is 4.99. The van der Waals surface area contributed by atoms with Gasteiger partial charge in [0.25, 0.3) is 0 Å². The third-order valence-corrected chi connectivity index (χ3v) is 6.15. The maximum Gasteiger partial charge on any atom is 0.161 e. The zero-order valence-corrected chi connectivity index (χ0v) is 18.8. The summed E-state index contributed by atoms with van der Waals surface area (Å²) in [4.78, 5) is 9.76. The van der Waals surface area contributed by atoms with Crippen LogP contribution in [-0.2, 0) is 0 Å². The number of nitrogens with zero attached hydrogens (tertiary/aromatic N) is 5. The molecular weight excluding hydrogens is 394 g/mol. The van der Waals surface area contributed by atoms with Crippen LogP contribution in [0.1, 0.15) is 16.8 Å². The van der Waals surface area contributed by atoms with E-state index in [2.05, 4.69) is 96.5 Å². The third kappa shape index (κ3) is 4.16. The summed E-state index contributed by atoms with van der Waals surface area (Å²) in [5.74, 6) is 1.14. The topological polar surface area (TPSA) is 36.7 Å². The van der Waals surface area contributed by atoms with Crippen molar-refractivity contribution in [3.63, 3.8) is 0 Å². The van der Waals surface area contributed by atoms with Crippen molar-refractivity contribution in [3.05, 3.63) is 89.6 Å². The minimum atomic E-state index is 0.951. The van der Waals surface area contributed by atoms with Crippen LogP contribution < -0.4 is 4.90 Å². The summed E-state index contributed by atoms with van der Waals surface area (Å²) >= 11 is 0. The van der Waals surface area contributed by atoms with Crippen molar-refractivity contribution in [1.29, 1.82) is 0 Å². The zero-order valence-electron chi connectivity index (χ0n) is 18.8. The number of hydrogen-bond donors (Lipinski definition) is 0. The van der Waals surface area contributed by atoms with Gasteiger partial charge in [0.1, 0.15) is 5.82 Å². The molecule has 162 valence electrons. The summed E-state index contributed by atoms with van der Waals surface area (Å²) < 4.78 is 2.04. The number of rotatable bonds is 5. The number of fused-ring (bicyclic) bond motifs is 1. The highest BCUT2D eigenvalue weighted by atomic mass is 15.4. The second kappa shape index (κ2) is 8.97. The maximum atomic E-state index is 4.99. The Balaban J connectivity index is 1.34. The lowest BCUT2D eigenvalue weighted by Gasteiger charge is -2.35. The Morgan fingerprint density at radius 1 is 0.875 bits per heavy atom. The minimum Gasteiger partial charge on any atom is -0.354 e. The molecule has 5 heteroatoms. The van der Waals surface area contributed by atoms with Crippen molar-refractivity contribution in [1.82, 2.24) is 19.5 Å². The fourth-order valence-electron chi connectivity index (χ4n) is 4.38. The highest BCUT2D eigenvalue weighted by Crippen LogP contribution is 2.28. The van der Waals surface area contributed by atoms with Crippen LogP contribution in [0.4, 0.5) is 5.82 Å². The first-order chi connectivity index (χ1) is 15.7. The molecule has 1 fully saturated rings. The average Bonchev–Trinajstić information content (AvgIpc) is 3.16. The highest BCUT2D eigenvalue weighted by molar-refractivity contribution is 5.71. The van der Waals surface area contributed by atoms with E-state index in [1.807, 2.05) is 10.6 Å². The Morgan fingerprint density at radius 3 is 2.28 bits per heavy atom. The van der Waals surface area contributed by atoms with Gasteiger partial charge >= 0.3 is 0 Å². The number of aromatic nitrogens is 3. The first-order valence-corrected chi connectivity index (χ1v) is 11.3. The van der Waals surface area contributed by atoms with E-state index in [1.54, 1.807) is 0 Å². The molecule has 4 aromatic rings. The molecular formula is C27H29N5. The molecule has 0 aliphatic carbocycles. The van der Waals surface area contributed by atoms with Crippen LogP contribution in [-0.4, -0.2) is 52.2 Å². The van der Waals surface area contributed by atoms with Crippen molar-refractivity contribution in [2.45, 2.75) is 13.8 Å². The van der Waals surface area contributed by atoms with Crippen LogP contribution in [0.5, 0.6) is 0 Å². The van der Waals surface area contributed by atoms with Crippen LogP contribution in [0.3, 0.4) is 0 Å². The second-order valence-electron chi connectivity index (χ2n) is 8.43. The SMILES string of the molecule is Cc1cc(N2CCN(CC=Cc3ccccc3)CC2)n2nc(-c3ccccc3)c(C)c2n1. The molecule has 1 aliphatic heterocycles. The van der Waals surface area contributed by atoms with Gasteiger partial charge in [-0.2, -0.15) is 9.61 Å². The molecule has 1 aliphatic rings. The molecule has 0 atom stereocenters. The molecule has 2 aromatic heterocycles. The fourth-order valence-corrected chi connectivity index (χ4v) is 4.38. The molecule has 5 nitrogen and oxygen atoms in total. The summed E-state index contributed by atoms with van der Waals surface area (Å²) in [7, 11) is 0. The van der Waals surface area contributed by atoms with Crippen molar-refractivity contribution in [2.24, 2.45) is 0 Å². The van der Waals surface area contributed by atoms with E-state index >= 15 is 0 Å². The zero-order chi connectivity index (χ0) is 21.9. The third-order valence-electron chi connectivity index (χ3n) is 6.15. The maximum absolute atomic E-state index is 4.99. The molecule has 5 rings (SSSR count). The molecule has 0 radical (unpaired) electrons. The minimum absolute atomic E-state index is 0.951. The fraction of sp³-hybridized carbons (Fsp3) is 0.259. The summed E-state index contributed by atoms with van der Waals surface area (Å²) in [6, 6.07) is 23.0. The van der Waals surface area contributed by atoms with E-state index in [1.165, 1.54) is 5.56 Å². The summed E-state index contributed by atoms with van der Waals surface area (Å²) in [6.07, 6.45) is 4.47. The van der Waals surface area contributed by atoms with E-state index in [0.717, 1.165) is 66.7 Å². The Bertz CT molecular complexity index is 1220. The van der Waals surface area contributed by atoms with Crippen LogP contribution >= 0.6 is 0 Å². The van der Waals surface area contributed by atoms with Crippen molar-refractivity contribution >= 4 is 17.5 Å². The summed E-state index contributed by atoms with van der Waals surface area (Å²) in [6.45, 7) is 9.21. The summed E-state index contributed by atoms with van der Waals surface area (Å²) in [5.41, 5.74) is 6.51. The van der Waals surface area contributed by atoms with E-state index in [4.69, 9.17) is 10.1 Å². The normalized spacial score (nSPS) is 15.1. The van der Waals surface area contributed by atoms with Gasteiger partial charge in [0, 0.05) is 55.6 Å². The molecule has 0 bridgehead atoms. The van der Waals surface area contributed by atoms with Gasteiger partial charge in [-0.1, -0.05) is 72.8 Å². The van der Waals surface area contributed by atoms with Gasteiger partial charge in [-0.05, 0) is 19.4 Å². The molecule has 2 aromatic carbocycles. The van der Waals surface area contributed by atoms with Gasteiger partial charge < -0.3 is 4.90 Å². The van der Waals surface area contributed by atoms with Crippen LogP contribution in [0.2, 0.25) is 0 Å². The van der Waals surface area contributed by atoms with E-state index in [-0.39, 0.29) is 0 Å². The number of aryl methyl sites for hydroxylation is 2.